The Hall–Kier alpha value is -3.78. The average molecular weight is 497 g/mol. The predicted molar refractivity (Wildman–Crippen MR) is 122 cm³/mol. The summed E-state index contributed by atoms with van der Waals surface area (Å²) in [6.07, 6.45) is 4.09. The Morgan fingerprint density at radius 2 is 1.84 bits per heavy atom. The molecular weight excluding hydrogens is 480 g/mol. The highest BCUT2D eigenvalue weighted by Crippen LogP contribution is 2.41. The normalized spacial score (nSPS) is 11.1. The van der Waals surface area contributed by atoms with E-state index in [2.05, 4.69) is 15.9 Å². The van der Waals surface area contributed by atoms with Gasteiger partial charge in [0.25, 0.3) is 0 Å². The molecule has 2 aromatic heterocycles. The van der Waals surface area contributed by atoms with Crippen molar-refractivity contribution in [3.63, 3.8) is 0 Å². The van der Waals surface area contributed by atoms with E-state index in [0.717, 1.165) is 0 Å². The molecule has 0 bridgehead atoms. The fourth-order valence-corrected chi connectivity index (χ4v) is 3.73. The summed E-state index contributed by atoms with van der Waals surface area (Å²) in [6, 6.07) is 13.4. The van der Waals surface area contributed by atoms with Crippen LogP contribution in [0.15, 0.2) is 79.0 Å². The van der Waals surface area contributed by atoms with Crippen LogP contribution in [0.25, 0.3) is 28.4 Å². The summed E-state index contributed by atoms with van der Waals surface area (Å²) in [5.74, 6) is 0.426. The van der Waals surface area contributed by atoms with E-state index in [1.807, 2.05) is 0 Å². The van der Waals surface area contributed by atoms with Crippen molar-refractivity contribution >= 4 is 38.9 Å². The van der Waals surface area contributed by atoms with E-state index < -0.39 is 11.4 Å². The number of carbonyl (C=O) groups is 1. The number of benzene rings is 2. The SMILES string of the molecule is COc1cc(-c2oc3ccccc3c(=O)c2OC(=O)C=Cc2ccco2)cc(Br)c1OC. The Morgan fingerprint density at radius 1 is 1.03 bits per heavy atom. The van der Waals surface area contributed by atoms with Crippen LogP contribution < -0.4 is 19.6 Å². The maximum Gasteiger partial charge on any atom is 0.336 e. The zero-order chi connectivity index (χ0) is 22.7. The number of methoxy groups -OCH3 is 2. The maximum atomic E-state index is 13.2. The van der Waals surface area contributed by atoms with Crippen molar-refractivity contribution in [1.82, 2.24) is 0 Å². The molecule has 0 fully saturated rings. The van der Waals surface area contributed by atoms with Crippen LogP contribution in [0.5, 0.6) is 17.2 Å². The Bertz CT molecular complexity index is 1370. The molecule has 0 saturated carbocycles. The average Bonchev–Trinajstić information content (AvgIpc) is 3.32. The van der Waals surface area contributed by atoms with Gasteiger partial charge in [-0.25, -0.2) is 4.79 Å². The molecule has 0 amide bonds. The van der Waals surface area contributed by atoms with Gasteiger partial charge in [-0.3, -0.25) is 4.79 Å². The first-order chi connectivity index (χ1) is 15.5. The van der Waals surface area contributed by atoms with Crippen LogP contribution in [0.2, 0.25) is 0 Å². The van der Waals surface area contributed by atoms with Gasteiger partial charge >= 0.3 is 5.97 Å². The number of hydrogen-bond acceptors (Lipinski definition) is 7. The zero-order valence-electron chi connectivity index (χ0n) is 17.1. The highest BCUT2D eigenvalue weighted by Gasteiger charge is 2.22. The van der Waals surface area contributed by atoms with Crippen molar-refractivity contribution in [2.75, 3.05) is 14.2 Å². The number of halogens is 1. The van der Waals surface area contributed by atoms with Crippen LogP contribution in [0.3, 0.4) is 0 Å². The Kier molecular flexibility index (Phi) is 6.13. The lowest BCUT2D eigenvalue weighted by atomic mass is 10.1. The molecule has 2 aromatic carbocycles. The van der Waals surface area contributed by atoms with Crippen molar-refractivity contribution < 1.29 is 27.8 Å². The molecule has 0 atom stereocenters. The third-order valence-corrected chi connectivity index (χ3v) is 5.17. The zero-order valence-corrected chi connectivity index (χ0v) is 18.7. The topological polar surface area (TPSA) is 88.1 Å². The predicted octanol–water partition coefficient (Wildman–Crippen LogP) is 5.45. The van der Waals surface area contributed by atoms with Crippen LogP contribution in [0.1, 0.15) is 5.76 Å². The summed E-state index contributed by atoms with van der Waals surface area (Å²) in [4.78, 5) is 25.7. The number of rotatable bonds is 6. The summed E-state index contributed by atoms with van der Waals surface area (Å²) in [5.41, 5.74) is 0.326. The van der Waals surface area contributed by atoms with Gasteiger partial charge in [-0.05, 0) is 58.4 Å². The summed E-state index contributed by atoms with van der Waals surface area (Å²) < 4.78 is 27.9. The van der Waals surface area contributed by atoms with Gasteiger partial charge in [-0.15, -0.1) is 0 Å². The minimum Gasteiger partial charge on any atom is -0.493 e. The van der Waals surface area contributed by atoms with Crippen LogP contribution in [-0.2, 0) is 4.79 Å². The van der Waals surface area contributed by atoms with Crippen molar-refractivity contribution in [2.24, 2.45) is 0 Å². The number of hydrogen-bond donors (Lipinski definition) is 0. The van der Waals surface area contributed by atoms with Gasteiger partial charge in [0, 0.05) is 11.6 Å². The van der Waals surface area contributed by atoms with Gasteiger partial charge in [-0.2, -0.15) is 0 Å². The molecule has 8 heteroatoms. The third-order valence-electron chi connectivity index (χ3n) is 4.58. The molecule has 4 aromatic rings. The largest absolute Gasteiger partial charge is 0.493 e. The summed E-state index contributed by atoms with van der Waals surface area (Å²) in [6.45, 7) is 0. The first kappa shape index (κ1) is 21.5. The third kappa shape index (κ3) is 4.17. The molecule has 2 heterocycles. The van der Waals surface area contributed by atoms with Gasteiger partial charge in [0.1, 0.15) is 11.3 Å². The van der Waals surface area contributed by atoms with Crippen molar-refractivity contribution in [1.29, 1.82) is 0 Å². The highest BCUT2D eigenvalue weighted by molar-refractivity contribution is 9.10. The van der Waals surface area contributed by atoms with Crippen molar-refractivity contribution in [3.05, 3.63) is 81.3 Å². The molecule has 32 heavy (non-hydrogen) atoms. The molecule has 0 saturated heterocycles. The number of ether oxygens (including phenoxy) is 3. The van der Waals surface area contributed by atoms with Gasteiger partial charge in [0.15, 0.2) is 17.3 Å². The standard InChI is InChI=1S/C24H17BrO7/c1-28-19-13-14(12-17(25)23(19)29-2)22-24(21(27)16-7-3-4-8-18(16)31-22)32-20(26)10-9-15-6-5-11-30-15/h3-13H,1-2H3. The Morgan fingerprint density at radius 3 is 2.56 bits per heavy atom. The summed E-state index contributed by atoms with van der Waals surface area (Å²) >= 11 is 3.43. The molecule has 0 aliphatic heterocycles. The van der Waals surface area contributed by atoms with Crippen LogP contribution in [0.4, 0.5) is 0 Å². The highest BCUT2D eigenvalue weighted by atomic mass is 79.9. The van der Waals surface area contributed by atoms with E-state index in [1.54, 1.807) is 48.5 Å². The van der Waals surface area contributed by atoms with Gasteiger partial charge < -0.3 is 23.0 Å². The van der Waals surface area contributed by atoms with Gasteiger partial charge in [0.2, 0.25) is 11.2 Å². The quantitative estimate of drug-likeness (QED) is 0.259. The molecule has 7 nitrogen and oxygen atoms in total. The second-order valence-corrected chi connectivity index (χ2v) is 7.40. The molecule has 4 rings (SSSR count). The fourth-order valence-electron chi connectivity index (χ4n) is 3.13. The Labute approximate surface area is 190 Å². The second kappa shape index (κ2) is 9.15. The number of para-hydroxylation sites is 1. The lowest BCUT2D eigenvalue weighted by Crippen LogP contribution is -2.14. The number of fused-ring (bicyclic) bond motifs is 1. The first-order valence-corrected chi connectivity index (χ1v) is 10.2. The van der Waals surface area contributed by atoms with Gasteiger partial charge in [-0.1, -0.05) is 12.1 Å². The molecule has 0 unspecified atom stereocenters. The molecule has 0 aliphatic carbocycles. The minimum atomic E-state index is -0.759. The molecule has 0 aliphatic rings. The molecular formula is C24H17BrO7. The van der Waals surface area contributed by atoms with E-state index in [4.69, 9.17) is 23.0 Å². The first-order valence-electron chi connectivity index (χ1n) is 9.43. The van der Waals surface area contributed by atoms with Crippen LogP contribution in [0, 0.1) is 0 Å². The lowest BCUT2D eigenvalue weighted by molar-refractivity contribution is -0.129. The van der Waals surface area contributed by atoms with E-state index in [-0.39, 0.29) is 16.9 Å². The smallest absolute Gasteiger partial charge is 0.336 e. The van der Waals surface area contributed by atoms with Crippen molar-refractivity contribution in [2.45, 2.75) is 0 Å². The number of esters is 1. The van der Waals surface area contributed by atoms with E-state index in [0.29, 0.717) is 32.9 Å². The monoisotopic (exact) mass is 496 g/mol. The van der Waals surface area contributed by atoms with Crippen molar-refractivity contribution in [3.8, 4) is 28.6 Å². The lowest BCUT2D eigenvalue weighted by Gasteiger charge is -2.14. The minimum absolute atomic E-state index is 0.0788. The van der Waals surface area contributed by atoms with Crippen LogP contribution in [-0.4, -0.2) is 20.2 Å². The Balaban J connectivity index is 1.86. The van der Waals surface area contributed by atoms with Crippen LogP contribution >= 0.6 is 15.9 Å². The maximum absolute atomic E-state index is 13.2. The van der Waals surface area contributed by atoms with E-state index >= 15 is 0 Å². The molecule has 0 radical (unpaired) electrons. The number of carbonyl (C=O) groups excluding carboxylic acids is 1. The summed E-state index contributed by atoms with van der Waals surface area (Å²) in [5, 5.41) is 0.286. The fraction of sp³-hybridized carbons (Fsp3) is 0.0833. The van der Waals surface area contributed by atoms with Gasteiger partial charge in [0.05, 0.1) is 30.3 Å². The number of furan rings is 1. The summed E-state index contributed by atoms with van der Waals surface area (Å²) in [7, 11) is 3.00. The molecule has 0 N–H and O–H groups in total. The van der Waals surface area contributed by atoms with E-state index in [9.17, 15) is 9.59 Å². The molecule has 162 valence electrons. The van der Waals surface area contributed by atoms with E-state index in [1.165, 1.54) is 32.6 Å². The second-order valence-electron chi connectivity index (χ2n) is 6.55. The molecule has 0 spiro atoms.